The summed E-state index contributed by atoms with van der Waals surface area (Å²) >= 11 is 0. The van der Waals surface area contributed by atoms with Gasteiger partial charge in [0.05, 0.1) is 0 Å². The number of carbonyl (C=O) groups is 1. The van der Waals surface area contributed by atoms with Crippen molar-refractivity contribution in [2.45, 2.75) is 100 Å². The first-order valence-electron chi connectivity index (χ1n) is 14.1. The quantitative estimate of drug-likeness (QED) is 0.0972. The second-order valence-electron chi connectivity index (χ2n) is 9.96. The highest BCUT2D eigenvalue weighted by Gasteiger charge is 2.32. The molecule has 10 heteroatoms. The van der Waals surface area contributed by atoms with Crippen molar-refractivity contribution in [1.82, 2.24) is 4.90 Å². The maximum absolute atomic E-state index is 13.4. The summed E-state index contributed by atoms with van der Waals surface area (Å²) in [5, 5.41) is 0. The van der Waals surface area contributed by atoms with Crippen LogP contribution in [0, 0.1) is 11.8 Å². The first-order chi connectivity index (χ1) is 19.4. The molecule has 1 aromatic carbocycles. The highest BCUT2D eigenvalue weighted by molar-refractivity contribution is 6.04. The van der Waals surface area contributed by atoms with Gasteiger partial charge in [-0.25, -0.2) is 9.38 Å². The zero-order chi connectivity index (χ0) is 33.2. The predicted octanol–water partition coefficient (Wildman–Crippen LogP) is 10.8. The number of aliphatic imine (C=N–C) groups is 1. The Bertz CT molecular complexity index is 1010. The maximum Gasteiger partial charge on any atom is 0.573 e. The van der Waals surface area contributed by atoms with E-state index < -0.39 is 24.5 Å². The molecule has 0 saturated heterocycles. The molecule has 1 aromatic rings. The number of hydrogen-bond donors (Lipinski definition) is 0. The van der Waals surface area contributed by atoms with Gasteiger partial charge in [-0.15, -0.1) is 13.2 Å². The summed E-state index contributed by atoms with van der Waals surface area (Å²) in [5.41, 5.74) is 2.27. The summed E-state index contributed by atoms with van der Waals surface area (Å²) < 4.78 is 79.1. The van der Waals surface area contributed by atoms with Gasteiger partial charge in [0.15, 0.2) is 11.6 Å². The van der Waals surface area contributed by atoms with Gasteiger partial charge in [0.2, 0.25) is 0 Å². The van der Waals surface area contributed by atoms with Gasteiger partial charge in [-0.2, -0.15) is 8.78 Å². The number of halogens is 6. The molecule has 240 valence electrons. The van der Waals surface area contributed by atoms with Crippen LogP contribution >= 0.6 is 0 Å². The van der Waals surface area contributed by atoms with E-state index >= 15 is 0 Å². The number of amidine groups is 1. The average molecular weight is 607 g/mol. The molecule has 0 N–H and O–H groups in total. The number of rotatable bonds is 8. The normalized spacial score (nSPS) is 16.6. The molecule has 0 spiro atoms. The largest absolute Gasteiger partial charge is 0.573 e. The molecule has 0 amide bonds. The van der Waals surface area contributed by atoms with E-state index in [9.17, 15) is 31.1 Å². The summed E-state index contributed by atoms with van der Waals surface area (Å²) in [4.78, 5) is 14.9. The topological polar surface area (TPSA) is 41.9 Å². The van der Waals surface area contributed by atoms with Gasteiger partial charge in [-0.3, -0.25) is 4.79 Å². The van der Waals surface area contributed by atoms with Gasteiger partial charge in [0.1, 0.15) is 11.6 Å². The molecule has 0 unspecified atom stereocenters. The fraction of sp³-hybridized carbons (Fsp3) is 0.562. The van der Waals surface area contributed by atoms with Gasteiger partial charge < -0.3 is 9.64 Å². The van der Waals surface area contributed by atoms with E-state index in [-0.39, 0.29) is 17.5 Å². The number of alkyl halides is 5. The van der Waals surface area contributed by atoms with Gasteiger partial charge >= 0.3 is 12.9 Å². The van der Waals surface area contributed by atoms with Crippen molar-refractivity contribution >= 4 is 17.2 Å². The molecule has 1 aliphatic rings. The Kier molecular flexibility index (Phi) is 20.3. The van der Waals surface area contributed by atoms with Gasteiger partial charge in [0, 0.05) is 25.6 Å². The molecular weight excluding hydrogens is 558 g/mol. The van der Waals surface area contributed by atoms with Crippen molar-refractivity contribution in [1.29, 1.82) is 0 Å². The van der Waals surface area contributed by atoms with Crippen LogP contribution in [0.25, 0.3) is 5.57 Å². The molecule has 0 radical (unpaired) electrons. The molecule has 0 aromatic heterocycles. The molecule has 0 heterocycles. The van der Waals surface area contributed by atoms with E-state index in [4.69, 9.17) is 0 Å². The number of ether oxygens (including phenoxy) is 1. The fourth-order valence-electron chi connectivity index (χ4n) is 3.38. The zero-order valence-electron chi connectivity index (χ0n) is 26.5. The standard InChI is InChI=1S/C22H27F5N2O.C4H5FO.2C3H8/c1-6-16-11-18(12-16)15(4)28-20(29(5)21(23)24)14(3)13(2)17-7-9-19(10-8-17)30-22(25,26)27;1-3(5)4(2)6;2*1-3-2/h7-10,16,18,21H,4,6,11-12H2,1-3,5H3;1H2,2H3;2*3H2,1-2H3/b14-13+,28-20?;;;. The third-order valence-electron chi connectivity index (χ3n) is 5.96. The maximum atomic E-state index is 13.4. The number of nitrogens with zero attached hydrogens (tertiary/aromatic N) is 2. The second kappa shape index (κ2) is 20.8. The first kappa shape index (κ1) is 41.1. The number of Topliss-reactive ketones (excluding diaryl/α,β-unsaturated/α-hetero) is 1. The van der Waals surface area contributed by atoms with Crippen LogP contribution in [0.4, 0.5) is 26.3 Å². The SMILES string of the molecule is C=C(F)C(C)=O.C=C(N=C(/C(C)=C(\C)c1ccc(OC(F)(F)F)cc1)N(C)C(F)F)C1CC(CC)C1.CCC.CCC. The summed E-state index contributed by atoms with van der Waals surface area (Å²) in [5.74, 6) is -0.927. The van der Waals surface area contributed by atoms with Gasteiger partial charge in [-0.05, 0) is 61.4 Å². The fourth-order valence-corrected chi connectivity index (χ4v) is 3.38. The predicted molar refractivity (Wildman–Crippen MR) is 161 cm³/mol. The smallest absolute Gasteiger partial charge is 0.406 e. The van der Waals surface area contributed by atoms with E-state index in [1.165, 1.54) is 44.2 Å². The number of benzene rings is 1. The molecule has 0 bridgehead atoms. The Morgan fingerprint density at radius 2 is 1.43 bits per heavy atom. The zero-order valence-corrected chi connectivity index (χ0v) is 26.5. The lowest BCUT2D eigenvalue weighted by atomic mass is 9.72. The lowest BCUT2D eigenvalue weighted by molar-refractivity contribution is -0.274. The molecule has 1 fully saturated rings. The number of hydrogen-bond acceptors (Lipinski definition) is 3. The van der Waals surface area contributed by atoms with Crippen molar-refractivity contribution in [3.05, 3.63) is 60.1 Å². The van der Waals surface area contributed by atoms with Crippen LogP contribution in [-0.2, 0) is 4.79 Å². The highest BCUT2D eigenvalue weighted by atomic mass is 19.4. The Hall–Kier alpha value is -3.04. The van der Waals surface area contributed by atoms with Crippen molar-refractivity contribution in [3.8, 4) is 5.75 Å². The van der Waals surface area contributed by atoms with E-state index in [1.807, 2.05) is 0 Å². The summed E-state index contributed by atoms with van der Waals surface area (Å²) in [6.07, 6.45) is 0.698. The molecule has 1 saturated carbocycles. The van der Waals surface area contributed by atoms with Crippen LogP contribution in [0.5, 0.6) is 5.75 Å². The Labute approximate surface area is 248 Å². The van der Waals surface area contributed by atoms with Crippen LogP contribution in [0.15, 0.2) is 59.5 Å². The minimum atomic E-state index is -4.78. The molecule has 4 nitrogen and oxygen atoms in total. The number of ketones is 1. The number of carbonyl (C=O) groups excluding carboxylic acids is 1. The summed E-state index contributed by atoms with van der Waals surface area (Å²) in [6, 6.07) is 5.27. The molecule has 2 rings (SSSR count). The van der Waals surface area contributed by atoms with Crippen molar-refractivity contribution in [3.63, 3.8) is 0 Å². The molecule has 0 atom stereocenters. The monoisotopic (exact) mass is 606 g/mol. The van der Waals surface area contributed by atoms with E-state index in [2.05, 4.69) is 57.5 Å². The Morgan fingerprint density at radius 1 is 1.00 bits per heavy atom. The molecule has 0 aliphatic heterocycles. The number of allylic oxidation sites excluding steroid dienone is 3. The number of likely N-dealkylation sites (N-methyl/N-ethyl adjacent to an activating group) is 1. The van der Waals surface area contributed by atoms with Crippen molar-refractivity contribution < 1.29 is 35.9 Å². The molecule has 42 heavy (non-hydrogen) atoms. The van der Waals surface area contributed by atoms with Crippen LogP contribution in [0.3, 0.4) is 0 Å². The third kappa shape index (κ3) is 16.4. The average Bonchev–Trinajstić information content (AvgIpc) is 2.86. The lowest BCUT2D eigenvalue weighted by Gasteiger charge is -2.35. The Morgan fingerprint density at radius 3 is 1.76 bits per heavy atom. The molecular formula is C32H48F6N2O2. The van der Waals surface area contributed by atoms with E-state index in [1.54, 1.807) is 13.8 Å². The van der Waals surface area contributed by atoms with Crippen LogP contribution in [-0.4, -0.2) is 36.5 Å². The van der Waals surface area contributed by atoms with Gasteiger partial charge in [0.25, 0.3) is 0 Å². The van der Waals surface area contributed by atoms with E-state index in [0.717, 1.165) is 31.1 Å². The Balaban J connectivity index is 0. The van der Waals surface area contributed by atoms with Crippen LogP contribution in [0.1, 0.15) is 93.1 Å². The second-order valence-corrected chi connectivity index (χ2v) is 9.96. The first-order valence-corrected chi connectivity index (χ1v) is 14.1. The summed E-state index contributed by atoms with van der Waals surface area (Å²) in [6.45, 7) is 19.1. The molecule has 1 aliphatic carbocycles. The summed E-state index contributed by atoms with van der Waals surface area (Å²) in [7, 11) is 1.25. The lowest BCUT2D eigenvalue weighted by Crippen LogP contribution is -2.33. The van der Waals surface area contributed by atoms with Crippen LogP contribution < -0.4 is 4.74 Å². The van der Waals surface area contributed by atoms with Crippen molar-refractivity contribution in [2.75, 3.05) is 7.05 Å². The highest BCUT2D eigenvalue weighted by Crippen LogP contribution is 2.40. The minimum absolute atomic E-state index is 0.100. The van der Waals surface area contributed by atoms with Gasteiger partial charge in [-0.1, -0.05) is 79.2 Å². The van der Waals surface area contributed by atoms with Crippen LogP contribution in [0.2, 0.25) is 0 Å². The van der Waals surface area contributed by atoms with Crippen molar-refractivity contribution in [2.24, 2.45) is 16.8 Å². The third-order valence-corrected chi connectivity index (χ3v) is 5.96. The van der Waals surface area contributed by atoms with E-state index in [0.29, 0.717) is 28.3 Å². The minimum Gasteiger partial charge on any atom is -0.406 e.